The van der Waals surface area contributed by atoms with Crippen molar-refractivity contribution in [3.8, 4) is 0 Å². The van der Waals surface area contributed by atoms with Crippen LogP contribution in [0.15, 0.2) is 34.9 Å². The molecule has 0 radical (unpaired) electrons. The van der Waals surface area contributed by atoms with E-state index in [1.54, 1.807) is 0 Å². The van der Waals surface area contributed by atoms with Gasteiger partial charge in [0.05, 0.1) is 5.71 Å². The van der Waals surface area contributed by atoms with Crippen molar-refractivity contribution < 1.29 is 0 Å². The van der Waals surface area contributed by atoms with E-state index < -0.39 is 0 Å². The largest absolute Gasteiger partial charge is 0.288 e. The molecule has 0 amide bonds. The van der Waals surface area contributed by atoms with Crippen molar-refractivity contribution in [3.05, 3.63) is 24.9 Å². The number of aliphatic imine (C=N–C) groups is 2. The third-order valence-corrected chi connectivity index (χ3v) is 2.46. The maximum absolute atomic E-state index is 4.27. The molecule has 1 rings (SSSR count). The molecule has 0 saturated carbocycles. The zero-order valence-electron chi connectivity index (χ0n) is 9.82. The summed E-state index contributed by atoms with van der Waals surface area (Å²) in [6.07, 6.45) is 3.00. The molecule has 15 heavy (non-hydrogen) atoms. The molecule has 1 fully saturated rings. The first kappa shape index (κ1) is 11.9. The fraction of sp³-hybridized carbons (Fsp3) is 0.500. The smallest absolute Gasteiger partial charge is 0.115 e. The summed E-state index contributed by atoms with van der Waals surface area (Å²) < 4.78 is 0. The van der Waals surface area contributed by atoms with E-state index in [0.717, 1.165) is 24.4 Å². The van der Waals surface area contributed by atoms with E-state index in [9.17, 15) is 0 Å². The van der Waals surface area contributed by atoms with Gasteiger partial charge in [0, 0.05) is 24.8 Å². The van der Waals surface area contributed by atoms with Gasteiger partial charge in [0.1, 0.15) is 6.34 Å². The minimum absolute atomic E-state index is 0.162. The van der Waals surface area contributed by atoms with Crippen molar-refractivity contribution in [2.24, 2.45) is 9.98 Å². The fourth-order valence-electron chi connectivity index (χ4n) is 1.43. The standard InChI is InChI=1S/C12H19N3/c1-6-13-9-14-11-8-15(7-10(11)2)12(3,4)5/h6,9H,1-2,7-8H2,3-5H3. The quantitative estimate of drug-likeness (QED) is 0.502. The summed E-state index contributed by atoms with van der Waals surface area (Å²) >= 11 is 0. The molecule has 1 heterocycles. The summed E-state index contributed by atoms with van der Waals surface area (Å²) in [5, 5.41) is 0. The molecule has 0 unspecified atom stereocenters. The van der Waals surface area contributed by atoms with Gasteiger partial charge < -0.3 is 0 Å². The molecule has 0 aromatic carbocycles. The number of rotatable bonds is 2. The summed E-state index contributed by atoms with van der Waals surface area (Å²) in [5.41, 5.74) is 2.27. The van der Waals surface area contributed by atoms with Gasteiger partial charge in [0.25, 0.3) is 0 Å². The molecule has 3 nitrogen and oxygen atoms in total. The predicted molar refractivity (Wildman–Crippen MR) is 66.6 cm³/mol. The molecule has 1 saturated heterocycles. The molecule has 0 aromatic rings. The average molecular weight is 205 g/mol. The van der Waals surface area contributed by atoms with Crippen LogP contribution in [-0.2, 0) is 0 Å². The maximum Gasteiger partial charge on any atom is 0.115 e. The Morgan fingerprint density at radius 3 is 2.47 bits per heavy atom. The lowest BCUT2D eigenvalue weighted by molar-refractivity contribution is 0.189. The number of nitrogens with zero attached hydrogens (tertiary/aromatic N) is 3. The minimum Gasteiger partial charge on any atom is -0.288 e. The number of likely N-dealkylation sites (tertiary alicyclic amines) is 1. The van der Waals surface area contributed by atoms with Crippen molar-refractivity contribution in [2.45, 2.75) is 26.3 Å². The monoisotopic (exact) mass is 205 g/mol. The Morgan fingerprint density at radius 2 is 2.00 bits per heavy atom. The van der Waals surface area contributed by atoms with Crippen molar-refractivity contribution in [3.63, 3.8) is 0 Å². The molecule has 1 aliphatic rings. The van der Waals surface area contributed by atoms with Crippen LogP contribution in [0.2, 0.25) is 0 Å². The van der Waals surface area contributed by atoms with E-state index in [-0.39, 0.29) is 5.54 Å². The SMILES string of the molecule is C=CN=CN=C1CN(C(C)(C)C)CC1=C. The highest BCUT2D eigenvalue weighted by Gasteiger charge is 2.29. The van der Waals surface area contributed by atoms with Gasteiger partial charge in [-0.25, -0.2) is 9.98 Å². The molecule has 0 spiro atoms. The van der Waals surface area contributed by atoms with Crippen molar-refractivity contribution >= 4 is 12.1 Å². The molecule has 0 bridgehead atoms. The number of hydrogen-bond acceptors (Lipinski definition) is 2. The molecular weight excluding hydrogens is 186 g/mol. The topological polar surface area (TPSA) is 28.0 Å². The zero-order chi connectivity index (χ0) is 11.5. The van der Waals surface area contributed by atoms with Gasteiger partial charge in [-0.15, -0.1) is 0 Å². The van der Waals surface area contributed by atoms with Crippen molar-refractivity contribution in [1.82, 2.24) is 4.90 Å². The highest BCUT2D eigenvalue weighted by atomic mass is 15.2. The molecule has 0 aliphatic carbocycles. The Labute approximate surface area is 91.9 Å². The fourth-order valence-corrected chi connectivity index (χ4v) is 1.43. The van der Waals surface area contributed by atoms with Crippen LogP contribution in [0.25, 0.3) is 0 Å². The first-order chi connectivity index (χ1) is 6.95. The second-order valence-electron chi connectivity index (χ2n) is 4.65. The summed E-state index contributed by atoms with van der Waals surface area (Å²) in [7, 11) is 0. The van der Waals surface area contributed by atoms with Crippen LogP contribution < -0.4 is 0 Å². The lowest BCUT2D eigenvalue weighted by atomic mass is 10.1. The van der Waals surface area contributed by atoms with E-state index in [0.29, 0.717) is 0 Å². The van der Waals surface area contributed by atoms with Gasteiger partial charge in [-0.2, -0.15) is 0 Å². The summed E-state index contributed by atoms with van der Waals surface area (Å²) in [5.74, 6) is 0. The second kappa shape index (κ2) is 4.53. The molecule has 3 heteroatoms. The Morgan fingerprint density at radius 1 is 1.33 bits per heavy atom. The first-order valence-corrected chi connectivity index (χ1v) is 5.07. The van der Waals surface area contributed by atoms with E-state index in [1.165, 1.54) is 12.5 Å². The molecule has 82 valence electrons. The summed E-state index contributed by atoms with van der Waals surface area (Å²) in [4.78, 5) is 10.5. The van der Waals surface area contributed by atoms with Crippen molar-refractivity contribution in [1.29, 1.82) is 0 Å². The van der Waals surface area contributed by atoms with Crippen LogP contribution in [0.5, 0.6) is 0 Å². The molecule has 0 aromatic heterocycles. The molecule has 1 aliphatic heterocycles. The van der Waals surface area contributed by atoms with Gasteiger partial charge >= 0.3 is 0 Å². The summed E-state index contributed by atoms with van der Waals surface area (Å²) in [6.45, 7) is 15.8. The van der Waals surface area contributed by atoms with Gasteiger partial charge in [0.15, 0.2) is 0 Å². The van der Waals surface area contributed by atoms with Crippen LogP contribution >= 0.6 is 0 Å². The Kier molecular flexibility index (Phi) is 3.58. The highest BCUT2D eigenvalue weighted by molar-refractivity contribution is 6.06. The van der Waals surface area contributed by atoms with E-state index in [1.807, 2.05) is 0 Å². The van der Waals surface area contributed by atoms with Crippen molar-refractivity contribution in [2.75, 3.05) is 13.1 Å². The molecule has 0 N–H and O–H groups in total. The van der Waals surface area contributed by atoms with Gasteiger partial charge in [-0.1, -0.05) is 13.2 Å². The van der Waals surface area contributed by atoms with Gasteiger partial charge in [0.2, 0.25) is 0 Å². The predicted octanol–water partition coefficient (Wildman–Crippen LogP) is 2.27. The lowest BCUT2D eigenvalue weighted by Crippen LogP contribution is -2.39. The zero-order valence-corrected chi connectivity index (χ0v) is 9.82. The normalized spacial score (nSPS) is 21.8. The molecule has 0 atom stereocenters. The van der Waals surface area contributed by atoms with Crippen LogP contribution in [0.4, 0.5) is 0 Å². The highest BCUT2D eigenvalue weighted by Crippen LogP contribution is 2.21. The average Bonchev–Trinajstić information content (AvgIpc) is 2.48. The third kappa shape index (κ3) is 3.13. The Bertz CT molecular complexity index is 318. The van der Waals surface area contributed by atoms with Gasteiger partial charge in [-0.05, 0) is 26.3 Å². The van der Waals surface area contributed by atoms with Crippen LogP contribution in [0.3, 0.4) is 0 Å². The number of hydrogen-bond donors (Lipinski definition) is 0. The lowest BCUT2D eigenvalue weighted by Gasteiger charge is -2.30. The molecular formula is C12H19N3. The third-order valence-electron chi connectivity index (χ3n) is 2.46. The Hall–Kier alpha value is -1.22. The van der Waals surface area contributed by atoms with Crippen LogP contribution in [0.1, 0.15) is 20.8 Å². The maximum atomic E-state index is 4.27. The van der Waals surface area contributed by atoms with E-state index >= 15 is 0 Å². The second-order valence-corrected chi connectivity index (χ2v) is 4.65. The minimum atomic E-state index is 0.162. The Balaban J connectivity index is 2.73. The van der Waals surface area contributed by atoms with E-state index in [4.69, 9.17) is 0 Å². The van der Waals surface area contributed by atoms with Gasteiger partial charge in [-0.3, -0.25) is 4.90 Å². The van der Waals surface area contributed by atoms with Crippen LogP contribution in [0, 0.1) is 0 Å². The first-order valence-electron chi connectivity index (χ1n) is 5.07. The summed E-state index contributed by atoms with van der Waals surface area (Å²) in [6, 6.07) is 0. The van der Waals surface area contributed by atoms with Crippen LogP contribution in [-0.4, -0.2) is 35.6 Å². The van der Waals surface area contributed by atoms with E-state index in [2.05, 4.69) is 48.8 Å².